The summed E-state index contributed by atoms with van der Waals surface area (Å²) < 4.78 is 41.7. The number of rotatable bonds is 5. The number of primary amides is 1. The monoisotopic (exact) mass is 380 g/mol. The average Bonchev–Trinajstić information content (AvgIpc) is 2.63. The zero-order valence-electron chi connectivity index (χ0n) is 14.4. The summed E-state index contributed by atoms with van der Waals surface area (Å²) in [5.74, 6) is -0.105. The number of piperazine rings is 1. The van der Waals surface area contributed by atoms with Crippen molar-refractivity contribution in [2.45, 2.75) is 12.9 Å². The Kier molecular flexibility index (Phi) is 5.50. The van der Waals surface area contributed by atoms with Crippen LogP contribution in [0.1, 0.15) is 16.1 Å². The number of anilines is 1. The molecule has 9 heteroatoms. The summed E-state index contributed by atoms with van der Waals surface area (Å²) in [6, 6.07) is 11.2. The van der Waals surface area contributed by atoms with Crippen molar-refractivity contribution in [3.05, 3.63) is 53.7 Å². The van der Waals surface area contributed by atoms with Crippen LogP contribution in [0.5, 0.6) is 5.75 Å². The molecule has 1 amide bonds. The topological polar surface area (TPSA) is 71.7 Å². The first-order valence-electron chi connectivity index (χ1n) is 8.39. The summed E-state index contributed by atoms with van der Waals surface area (Å²) in [4.78, 5) is 19.6. The Bertz CT molecular complexity index is 805. The van der Waals surface area contributed by atoms with Gasteiger partial charge in [0.25, 0.3) is 5.91 Å². The van der Waals surface area contributed by atoms with E-state index in [0.29, 0.717) is 44.1 Å². The molecule has 1 aromatic carbocycles. The molecule has 0 radical (unpaired) electrons. The number of hydrogen-bond donors (Lipinski definition) is 1. The second-order valence-electron chi connectivity index (χ2n) is 6.16. The molecule has 6 nitrogen and oxygen atoms in total. The fraction of sp³-hybridized carbons (Fsp3) is 0.333. The number of amides is 1. The summed E-state index contributed by atoms with van der Waals surface area (Å²) in [6.45, 7) is 2.91. The Morgan fingerprint density at radius 3 is 2.44 bits per heavy atom. The number of alkyl halides is 3. The lowest BCUT2D eigenvalue weighted by molar-refractivity contribution is -0.275. The zero-order chi connectivity index (χ0) is 19.4. The van der Waals surface area contributed by atoms with E-state index in [1.165, 1.54) is 12.1 Å². The highest BCUT2D eigenvalue weighted by Gasteiger charge is 2.32. The summed E-state index contributed by atoms with van der Waals surface area (Å²) in [6.07, 6.45) is -4.72. The molecular formula is C18H19F3N4O2. The van der Waals surface area contributed by atoms with E-state index >= 15 is 0 Å². The Morgan fingerprint density at radius 2 is 1.78 bits per heavy atom. The molecule has 2 heterocycles. The van der Waals surface area contributed by atoms with E-state index in [-0.39, 0.29) is 11.4 Å². The molecule has 0 saturated carbocycles. The van der Waals surface area contributed by atoms with Gasteiger partial charge in [-0.25, -0.2) is 4.98 Å². The minimum absolute atomic E-state index is 0.178. The molecule has 1 fully saturated rings. The number of nitrogens with zero attached hydrogens (tertiary/aromatic N) is 3. The van der Waals surface area contributed by atoms with Crippen LogP contribution in [0.3, 0.4) is 0 Å². The lowest BCUT2D eigenvalue weighted by atomic mass is 10.1. The number of aromatic nitrogens is 1. The number of hydrogen-bond acceptors (Lipinski definition) is 5. The highest BCUT2D eigenvalue weighted by molar-refractivity contribution is 5.91. The molecule has 0 spiro atoms. The van der Waals surface area contributed by atoms with Gasteiger partial charge in [-0.3, -0.25) is 9.69 Å². The number of pyridine rings is 1. The van der Waals surface area contributed by atoms with E-state index in [0.717, 1.165) is 0 Å². The van der Waals surface area contributed by atoms with Crippen LogP contribution >= 0.6 is 0 Å². The van der Waals surface area contributed by atoms with Crippen LogP contribution in [0, 0.1) is 0 Å². The van der Waals surface area contributed by atoms with Gasteiger partial charge < -0.3 is 15.4 Å². The molecule has 1 aliphatic rings. The van der Waals surface area contributed by atoms with Crippen LogP contribution < -0.4 is 15.4 Å². The summed E-state index contributed by atoms with van der Waals surface area (Å²) in [5, 5.41) is 0. The minimum Gasteiger partial charge on any atom is -0.405 e. The van der Waals surface area contributed by atoms with E-state index in [9.17, 15) is 18.0 Å². The fourth-order valence-electron chi connectivity index (χ4n) is 2.97. The molecule has 144 valence electrons. The standard InChI is InChI=1S/C18H19F3N4O2/c19-18(20,21)27-15-6-2-1-4-13(15)12-24-8-10-25(11-9-24)16-7-3-5-14(23-16)17(22)26/h1-7H,8-12H2,(H2,22,26). The molecule has 0 unspecified atom stereocenters. The maximum absolute atomic E-state index is 12.5. The normalized spacial score (nSPS) is 15.6. The van der Waals surface area contributed by atoms with Gasteiger partial charge in [0, 0.05) is 38.3 Å². The maximum Gasteiger partial charge on any atom is 0.573 e. The predicted octanol–water partition coefficient (Wildman–Crippen LogP) is 2.40. The average molecular weight is 380 g/mol. The van der Waals surface area contributed by atoms with Crippen molar-refractivity contribution in [1.82, 2.24) is 9.88 Å². The van der Waals surface area contributed by atoms with Crippen molar-refractivity contribution in [3.8, 4) is 5.75 Å². The second kappa shape index (κ2) is 7.83. The number of carbonyl (C=O) groups excluding carboxylic acids is 1. The summed E-state index contributed by atoms with van der Waals surface area (Å²) >= 11 is 0. The van der Waals surface area contributed by atoms with Crippen molar-refractivity contribution < 1.29 is 22.7 Å². The quantitative estimate of drug-likeness (QED) is 0.863. The first-order valence-corrected chi connectivity index (χ1v) is 8.39. The molecule has 2 N–H and O–H groups in total. The third-order valence-corrected chi connectivity index (χ3v) is 4.28. The van der Waals surface area contributed by atoms with Crippen molar-refractivity contribution in [2.24, 2.45) is 5.73 Å². The molecule has 0 aliphatic carbocycles. The molecule has 2 aromatic rings. The third-order valence-electron chi connectivity index (χ3n) is 4.28. The summed E-state index contributed by atoms with van der Waals surface area (Å²) in [5.41, 5.74) is 5.94. The van der Waals surface area contributed by atoms with Crippen LogP contribution in [0.15, 0.2) is 42.5 Å². The molecule has 1 aromatic heterocycles. The third kappa shape index (κ3) is 5.10. The van der Waals surface area contributed by atoms with E-state index in [2.05, 4.69) is 9.72 Å². The Morgan fingerprint density at radius 1 is 1.07 bits per heavy atom. The first kappa shape index (κ1) is 19.0. The highest BCUT2D eigenvalue weighted by atomic mass is 19.4. The van der Waals surface area contributed by atoms with Gasteiger partial charge in [0.1, 0.15) is 17.3 Å². The van der Waals surface area contributed by atoms with E-state index < -0.39 is 12.3 Å². The van der Waals surface area contributed by atoms with Gasteiger partial charge in [-0.2, -0.15) is 0 Å². The van der Waals surface area contributed by atoms with E-state index in [1.807, 2.05) is 9.80 Å². The molecule has 1 saturated heterocycles. The number of ether oxygens (including phenoxy) is 1. The fourth-order valence-corrected chi connectivity index (χ4v) is 2.97. The lowest BCUT2D eigenvalue weighted by Gasteiger charge is -2.35. The van der Waals surface area contributed by atoms with Gasteiger partial charge in [-0.05, 0) is 18.2 Å². The van der Waals surface area contributed by atoms with Crippen molar-refractivity contribution in [2.75, 3.05) is 31.1 Å². The number of para-hydroxylation sites is 1. The maximum atomic E-state index is 12.5. The molecule has 0 bridgehead atoms. The largest absolute Gasteiger partial charge is 0.573 e. The molecule has 1 aliphatic heterocycles. The SMILES string of the molecule is NC(=O)c1cccc(N2CCN(Cc3ccccc3OC(F)(F)F)CC2)n1. The smallest absolute Gasteiger partial charge is 0.405 e. The lowest BCUT2D eigenvalue weighted by Crippen LogP contribution is -2.46. The van der Waals surface area contributed by atoms with Gasteiger partial charge in [0.15, 0.2) is 0 Å². The molecule has 0 atom stereocenters. The van der Waals surface area contributed by atoms with Crippen LogP contribution in [-0.4, -0.2) is 48.3 Å². The van der Waals surface area contributed by atoms with E-state index in [4.69, 9.17) is 5.73 Å². The molecule has 3 rings (SSSR count). The van der Waals surface area contributed by atoms with Crippen LogP contribution in [0.4, 0.5) is 19.0 Å². The van der Waals surface area contributed by atoms with Gasteiger partial charge in [0.05, 0.1) is 0 Å². The van der Waals surface area contributed by atoms with Gasteiger partial charge in [0.2, 0.25) is 0 Å². The van der Waals surface area contributed by atoms with Crippen molar-refractivity contribution >= 4 is 11.7 Å². The Hall–Kier alpha value is -2.81. The van der Waals surface area contributed by atoms with E-state index in [1.54, 1.807) is 30.3 Å². The van der Waals surface area contributed by atoms with Gasteiger partial charge in [-0.1, -0.05) is 24.3 Å². The van der Waals surface area contributed by atoms with Crippen LogP contribution in [-0.2, 0) is 6.54 Å². The molecule has 27 heavy (non-hydrogen) atoms. The van der Waals surface area contributed by atoms with Crippen LogP contribution in [0.25, 0.3) is 0 Å². The Labute approximate surface area is 154 Å². The van der Waals surface area contributed by atoms with Gasteiger partial charge >= 0.3 is 6.36 Å². The minimum atomic E-state index is -4.72. The van der Waals surface area contributed by atoms with Crippen molar-refractivity contribution in [3.63, 3.8) is 0 Å². The first-order chi connectivity index (χ1) is 12.8. The zero-order valence-corrected chi connectivity index (χ0v) is 14.4. The predicted molar refractivity (Wildman–Crippen MR) is 93.4 cm³/mol. The summed E-state index contributed by atoms with van der Waals surface area (Å²) in [7, 11) is 0. The Balaban J connectivity index is 1.62. The number of halogens is 3. The number of carbonyl (C=O) groups is 1. The highest BCUT2D eigenvalue weighted by Crippen LogP contribution is 2.27. The van der Waals surface area contributed by atoms with Crippen LogP contribution in [0.2, 0.25) is 0 Å². The second-order valence-corrected chi connectivity index (χ2v) is 6.16. The number of benzene rings is 1. The van der Waals surface area contributed by atoms with Crippen molar-refractivity contribution in [1.29, 1.82) is 0 Å². The molecular weight excluding hydrogens is 361 g/mol. The van der Waals surface area contributed by atoms with Gasteiger partial charge in [-0.15, -0.1) is 13.2 Å². The number of nitrogens with two attached hydrogens (primary N) is 1.